The van der Waals surface area contributed by atoms with Crippen LogP contribution in [0, 0.1) is 0 Å². The summed E-state index contributed by atoms with van der Waals surface area (Å²) in [5.74, 6) is -1.15. The van der Waals surface area contributed by atoms with Crippen molar-refractivity contribution in [1.29, 1.82) is 0 Å². The van der Waals surface area contributed by atoms with Gasteiger partial charge in [0.05, 0.1) is 5.69 Å². The molecule has 0 bridgehead atoms. The van der Waals surface area contributed by atoms with Crippen LogP contribution in [0.3, 0.4) is 0 Å². The highest BCUT2D eigenvalue weighted by molar-refractivity contribution is 7.98. The number of ether oxygens (including phenoxy) is 1. The van der Waals surface area contributed by atoms with Gasteiger partial charge in [0.2, 0.25) is 0 Å². The van der Waals surface area contributed by atoms with Crippen LogP contribution < -0.4 is 10.6 Å². The number of para-hydroxylation sites is 1. The molecule has 3 rings (SSSR count). The largest absolute Gasteiger partial charge is 0.456 e. The summed E-state index contributed by atoms with van der Waals surface area (Å²) in [6.07, 6.45) is 5.43. The lowest BCUT2D eigenvalue weighted by Gasteiger charge is -2.19. The molecule has 156 valence electrons. The van der Waals surface area contributed by atoms with Crippen LogP contribution in [0.15, 0.2) is 29.2 Å². The number of thioether (sulfide) groups is 1. The summed E-state index contributed by atoms with van der Waals surface area (Å²) >= 11 is 1.50. The van der Waals surface area contributed by atoms with Gasteiger partial charge in [0.15, 0.2) is 6.61 Å². The standard InChI is InChI=1S/C20H25N3O5S/c1-29-15-8-3-2-7-14(15)21-16(24)13-28-17(25)9-6-12-23-18(26)20(22-19(23)27)10-4-5-11-20/h2-3,7-8H,4-6,9-13H2,1H3,(H,21,24)(H,22,27). The fourth-order valence-electron chi connectivity index (χ4n) is 3.73. The van der Waals surface area contributed by atoms with E-state index in [0.29, 0.717) is 24.9 Å². The number of urea groups is 1. The number of imide groups is 1. The van der Waals surface area contributed by atoms with Gasteiger partial charge in [-0.05, 0) is 37.7 Å². The van der Waals surface area contributed by atoms with Gasteiger partial charge >= 0.3 is 12.0 Å². The van der Waals surface area contributed by atoms with Crippen LogP contribution in [0.2, 0.25) is 0 Å². The van der Waals surface area contributed by atoms with Gasteiger partial charge in [0, 0.05) is 17.9 Å². The molecule has 0 aromatic heterocycles. The SMILES string of the molecule is CSc1ccccc1NC(=O)COC(=O)CCCN1C(=O)NC2(CCCC2)C1=O. The van der Waals surface area contributed by atoms with Crippen molar-refractivity contribution in [3.05, 3.63) is 24.3 Å². The molecule has 1 saturated heterocycles. The first-order valence-corrected chi connectivity index (χ1v) is 10.9. The lowest BCUT2D eigenvalue weighted by atomic mass is 9.98. The van der Waals surface area contributed by atoms with E-state index < -0.39 is 23.4 Å². The summed E-state index contributed by atoms with van der Waals surface area (Å²) in [7, 11) is 0. The topological polar surface area (TPSA) is 105 Å². The molecule has 29 heavy (non-hydrogen) atoms. The van der Waals surface area contributed by atoms with Crippen LogP contribution in [0.1, 0.15) is 38.5 Å². The van der Waals surface area contributed by atoms with Crippen molar-refractivity contribution in [2.75, 3.05) is 24.7 Å². The number of hydrogen-bond donors (Lipinski definition) is 2. The predicted octanol–water partition coefficient (Wildman–Crippen LogP) is 2.54. The van der Waals surface area contributed by atoms with Crippen molar-refractivity contribution in [2.24, 2.45) is 0 Å². The van der Waals surface area contributed by atoms with Crippen LogP contribution in [0.25, 0.3) is 0 Å². The van der Waals surface area contributed by atoms with Gasteiger partial charge in [-0.3, -0.25) is 19.3 Å². The van der Waals surface area contributed by atoms with E-state index in [1.165, 1.54) is 16.7 Å². The Balaban J connectivity index is 1.38. The van der Waals surface area contributed by atoms with Crippen molar-refractivity contribution in [2.45, 2.75) is 49.0 Å². The summed E-state index contributed by atoms with van der Waals surface area (Å²) in [5.41, 5.74) is -0.0663. The van der Waals surface area contributed by atoms with Crippen molar-refractivity contribution in [3.63, 3.8) is 0 Å². The van der Waals surface area contributed by atoms with Crippen LogP contribution in [-0.4, -0.2) is 53.7 Å². The number of nitrogens with one attached hydrogen (secondary N) is 2. The van der Waals surface area contributed by atoms with E-state index in [0.717, 1.165) is 17.7 Å². The van der Waals surface area contributed by atoms with E-state index in [-0.39, 0.29) is 25.5 Å². The van der Waals surface area contributed by atoms with Gasteiger partial charge in [0.1, 0.15) is 5.54 Å². The second-order valence-corrected chi connectivity index (χ2v) is 8.04. The van der Waals surface area contributed by atoms with Crippen LogP contribution in [-0.2, 0) is 19.1 Å². The van der Waals surface area contributed by atoms with Crippen molar-refractivity contribution in [1.82, 2.24) is 10.2 Å². The average molecular weight is 420 g/mol. The van der Waals surface area contributed by atoms with E-state index >= 15 is 0 Å². The normalized spacial score (nSPS) is 17.5. The first kappa shape index (κ1) is 21.2. The number of benzene rings is 1. The van der Waals surface area contributed by atoms with Gasteiger partial charge in [-0.25, -0.2) is 4.79 Å². The summed E-state index contributed by atoms with van der Waals surface area (Å²) in [6.45, 7) is -0.220. The number of anilines is 1. The Morgan fingerprint density at radius 2 is 1.97 bits per heavy atom. The lowest BCUT2D eigenvalue weighted by molar-refractivity contribution is -0.147. The Bertz CT molecular complexity index is 807. The third-order valence-corrected chi connectivity index (χ3v) is 6.01. The highest BCUT2D eigenvalue weighted by Gasteiger charge is 2.52. The number of carbonyl (C=O) groups is 4. The zero-order valence-corrected chi connectivity index (χ0v) is 17.2. The smallest absolute Gasteiger partial charge is 0.325 e. The molecule has 9 heteroatoms. The average Bonchev–Trinajstić information content (AvgIpc) is 3.27. The predicted molar refractivity (Wildman–Crippen MR) is 108 cm³/mol. The maximum atomic E-state index is 12.5. The molecule has 1 aromatic rings. The third-order valence-electron chi connectivity index (χ3n) is 5.21. The minimum Gasteiger partial charge on any atom is -0.456 e. The molecule has 2 N–H and O–H groups in total. The number of nitrogens with zero attached hydrogens (tertiary/aromatic N) is 1. The molecule has 8 nitrogen and oxygen atoms in total. The number of hydrogen-bond acceptors (Lipinski definition) is 6. The number of esters is 1. The Labute approximate surface area is 173 Å². The highest BCUT2D eigenvalue weighted by atomic mass is 32.2. The molecule has 0 atom stereocenters. The molecule has 1 spiro atoms. The fraction of sp³-hybridized carbons (Fsp3) is 0.500. The minimum atomic E-state index is -0.733. The molecule has 4 amide bonds. The van der Waals surface area contributed by atoms with E-state index in [4.69, 9.17) is 4.74 Å². The molecular formula is C20H25N3O5S. The van der Waals surface area contributed by atoms with Crippen molar-refractivity contribution < 1.29 is 23.9 Å². The van der Waals surface area contributed by atoms with Crippen LogP contribution in [0.5, 0.6) is 0 Å². The van der Waals surface area contributed by atoms with Gasteiger partial charge < -0.3 is 15.4 Å². The zero-order valence-electron chi connectivity index (χ0n) is 16.4. The Morgan fingerprint density at radius 1 is 1.24 bits per heavy atom. The summed E-state index contributed by atoms with van der Waals surface area (Å²) in [5, 5.41) is 5.52. The van der Waals surface area contributed by atoms with Crippen LogP contribution >= 0.6 is 11.8 Å². The molecule has 2 fully saturated rings. The second-order valence-electron chi connectivity index (χ2n) is 7.19. The molecule has 1 heterocycles. The van der Waals surface area contributed by atoms with Crippen molar-refractivity contribution >= 4 is 41.3 Å². The zero-order chi connectivity index (χ0) is 20.9. The summed E-state index contributed by atoms with van der Waals surface area (Å²) in [4.78, 5) is 50.6. The second kappa shape index (κ2) is 9.30. The molecule has 0 radical (unpaired) electrons. The Morgan fingerprint density at radius 3 is 2.69 bits per heavy atom. The van der Waals surface area contributed by atoms with E-state index in [1.807, 2.05) is 24.5 Å². The maximum Gasteiger partial charge on any atom is 0.325 e. The number of amides is 4. The fourth-order valence-corrected chi connectivity index (χ4v) is 4.28. The first-order chi connectivity index (χ1) is 13.9. The minimum absolute atomic E-state index is 0.0265. The quantitative estimate of drug-likeness (QED) is 0.381. The van der Waals surface area contributed by atoms with Crippen molar-refractivity contribution in [3.8, 4) is 0 Å². The number of carbonyl (C=O) groups excluding carboxylic acids is 4. The summed E-state index contributed by atoms with van der Waals surface area (Å²) < 4.78 is 5.00. The highest BCUT2D eigenvalue weighted by Crippen LogP contribution is 2.35. The Kier molecular flexibility index (Phi) is 6.79. The molecule has 1 aromatic carbocycles. The van der Waals surface area contributed by atoms with E-state index in [9.17, 15) is 19.2 Å². The van der Waals surface area contributed by atoms with Gasteiger partial charge in [0.25, 0.3) is 11.8 Å². The molecule has 1 aliphatic carbocycles. The molecule has 2 aliphatic rings. The molecular weight excluding hydrogens is 394 g/mol. The van der Waals surface area contributed by atoms with Gasteiger partial charge in [-0.2, -0.15) is 0 Å². The summed E-state index contributed by atoms with van der Waals surface area (Å²) in [6, 6.07) is 6.96. The maximum absolute atomic E-state index is 12.5. The third kappa shape index (κ3) is 4.90. The monoisotopic (exact) mass is 419 g/mol. The Hall–Kier alpha value is -2.55. The number of rotatable bonds is 8. The van der Waals surface area contributed by atoms with E-state index in [2.05, 4.69) is 10.6 Å². The van der Waals surface area contributed by atoms with Crippen LogP contribution in [0.4, 0.5) is 10.5 Å². The molecule has 1 aliphatic heterocycles. The van der Waals surface area contributed by atoms with Gasteiger partial charge in [-0.1, -0.05) is 25.0 Å². The van der Waals surface area contributed by atoms with E-state index in [1.54, 1.807) is 6.07 Å². The molecule has 0 unspecified atom stereocenters. The molecule has 1 saturated carbocycles. The lowest BCUT2D eigenvalue weighted by Crippen LogP contribution is -2.44. The van der Waals surface area contributed by atoms with Gasteiger partial charge in [-0.15, -0.1) is 11.8 Å². The first-order valence-electron chi connectivity index (χ1n) is 9.68.